The normalized spacial score (nSPS) is 18.6. The minimum atomic E-state index is 0.146. The molecule has 4 nitrogen and oxygen atoms in total. The van der Waals surface area contributed by atoms with Gasteiger partial charge in [0.1, 0.15) is 0 Å². The van der Waals surface area contributed by atoms with Crippen molar-refractivity contribution in [3.8, 4) is 5.69 Å². The molecule has 4 heteroatoms. The van der Waals surface area contributed by atoms with Gasteiger partial charge in [0.05, 0.1) is 17.9 Å². The van der Waals surface area contributed by atoms with Gasteiger partial charge >= 0.3 is 0 Å². The number of rotatable bonds is 8. The summed E-state index contributed by atoms with van der Waals surface area (Å²) in [7, 11) is 0. The number of amides is 1. The van der Waals surface area contributed by atoms with Crippen molar-refractivity contribution >= 4 is 5.91 Å². The molecule has 0 atom stereocenters. The van der Waals surface area contributed by atoms with Crippen LogP contribution in [0, 0.1) is 11.8 Å². The Hall–Kier alpha value is -2.88. The van der Waals surface area contributed by atoms with Crippen LogP contribution in [0.15, 0.2) is 66.7 Å². The van der Waals surface area contributed by atoms with Crippen molar-refractivity contribution in [3.63, 3.8) is 0 Å². The van der Waals surface area contributed by atoms with E-state index in [4.69, 9.17) is 5.10 Å². The summed E-state index contributed by atoms with van der Waals surface area (Å²) >= 11 is 0. The first kappa shape index (κ1) is 22.3. The van der Waals surface area contributed by atoms with Crippen molar-refractivity contribution in [3.05, 3.63) is 83.7 Å². The van der Waals surface area contributed by atoms with E-state index in [2.05, 4.69) is 67.7 Å². The lowest BCUT2D eigenvalue weighted by molar-refractivity contribution is -0.122. The first-order chi connectivity index (χ1) is 15.6. The first-order valence-electron chi connectivity index (χ1n) is 12.0. The highest BCUT2D eigenvalue weighted by molar-refractivity contribution is 5.76. The number of carbonyl (C=O) groups is 1. The zero-order valence-electron chi connectivity index (χ0n) is 19.3. The number of aromatic nitrogens is 2. The average Bonchev–Trinajstić information content (AvgIpc) is 3.21. The second-order valence-corrected chi connectivity index (χ2v) is 9.58. The van der Waals surface area contributed by atoms with Gasteiger partial charge in [0.2, 0.25) is 5.91 Å². The topological polar surface area (TPSA) is 46.9 Å². The molecular formula is C28H35N3O. The van der Waals surface area contributed by atoms with Crippen LogP contribution < -0.4 is 5.32 Å². The molecule has 0 spiro atoms. The molecule has 32 heavy (non-hydrogen) atoms. The fourth-order valence-electron chi connectivity index (χ4n) is 4.87. The Morgan fingerprint density at radius 2 is 1.66 bits per heavy atom. The number of benzene rings is 2. The van der Waals surface area contributed by atoms with E-state index < -0.39 is 0 Å². The van der Waals surface area contributed by atoms with Crippen molar-refractivity contribution in [2.75, 3.05) is 0 Å². The summed E-state index contributed by atoms with van der Waals surface area (Å²) in [5.41, 5.74) is 4.62. The summed E-state index contributed by atoms with van der Waals surface area (Å²) in [5.74, 6) is 1.83. The highest BCUT2D eigenvalue weighted by Crippen LogP contribution is 2.36. The number of carbonyl (C=O) groups excluding carboxylic acids is 1. The molecule has 0 radical (unpaired) electrons. The molecule has 1 fully saturated rings. The van der Waals surface area contributed by atoms with Gasteiger partial charge < -0.3 is 5.32 Å². The summed E-state index contributed by atoms with van der Waals surface area (Å²) < 4.78 is 2.02. The zero-order chi connectivity index (χ0) is 22.3. The average molecular weight is 430 g/mol. The Morgan fingerprint density at radius 3 is 2.31 bits per heavy atom. The number of para-hydroxylation sites is 1. The van der Waals surface area contributed by atoms with Crippen LogP contribution in [0.5, 0.6) is 0 Å². The lowest BCUT2D eigenvalue weighted by Gasteiger charge is -2.28. The Kier molecular flexibility index (Phi) is 7.41. The van der Waals surface area contributed by atoms with Gasteiger partial charge in [0, 0.05) is 12.1 Å². The Labute approximate surface area is 192 Å². The maximum absolute atomic E-state index is 12.6. The molecule has 0 unspecified atom stereocenters. The Bertz CT molecular complexity index is 986. The second kappa shape index (κ2) is 10.6. The predicted molar refractivity (Wildman–Crippen MR) is 130 cm³/mol. The Balaban J connectivity index is 1.30. The summed E-state index contributed by atoms with van der Waals surface area (Å²) in [4.78, 5) is 12.6. The molecule has 1 saturated carbocycles. The molecule has 1 aromatic heterocycles. The van der Waals surface area contributed by atoms with E-state index in [0.717, 1.165) is 30.6 Å². The minimum absolute atomic E-state index is 0.146. The summed E-state index contributed by atoms with van der Waals surface area (Å²) in [5, 5.41) is 7.92. The molecule has 168 valence electrons. The van der Waals surface area contributed by atoms with Gasteiger partial charge in [0.25, 0.3) is 0 Å². The van der Waals surface area contributed by atoms with Crippen LogP contribution in [-0.4, -0.2) is 15.7 Å². The molecule has 0 saturated heterocycles. The molecule has 0 aliphatic heterocycles. The molecule has 3 aromatic rings. The summed E-state index contributed by atoms with van der Waals surface area (Å²) in [6.07, 6.45) is 6.21. The molecular weight excluding hydrogens is 394 g/mol. The summed E-state index contributed by atoms with van der Waals surface area (Å²) in [6, 6.07) is 23.2. The third-order valence-electron chi connectivity index (χ3n) is 6.51. The standard InChI is InChI=1S/C28H35N3O/c1-21(2)17-27-19-25(30-31(27)26-11-7-4-8-12-26)20-29-28(32)18-22-13-15-24(16-14-22)23-9-5-3-6-10-23/h3-12,19,21-22,24H,13-18,20H2,1-2H3,(H,29,32). The largest absolute Gasteiger partial charge is 0.350 e. The number of nitrogens with zero attached hydrogens (tertiary/aromatic N) is 2. The molecule has 0 bridgehead atoms. The third kappa shape index (κ3) is 5.87. The lowest BCUT2D eigenvalue weighted by Crippen LogP contribution is -2.27. The quantitative estimate of drug-likeness (QED) is 0.474. The van der Waals surface area contributed by atoms with Gasteiger partial charge in [-0.25, -0.2) is 4.68 Å². The molecule has 2 aromatic carbocycles. The van der Waals surface area contributed by atoms with Crippen molar-refractivity contribution in [2.45, 2.75) is 64.8 Å². The fourth-order valence-corrected chi connectivity index (χ4v) is 4.87. The van der Waals surface area contributed by atoms with Crippen molar-refractivity contribution in [1.29, 1.82) is 0 Å². The van der Waals surface area contributed by atoms with E-state index in [1.807, 2.05) is 22.9 Å². The predicted octanol–water partition coefficient (Wildman–Crippen LogP) is 6.05. The maximum Gasteiger partial charge on any atom is 0.220 e. The number of hydrogen-bond donors (Lipinski definition) is 1. The SMILES string of the molecule is CC(C)Cc1cc(CNC(=O)CC2CCC(c3ccccc3)CC2)nn1-c1ccccc1. The van der Waals surface area contributed by atoms with E-state index in [1.54, 1.807) is 0 Å². The van der Waals surface area contributed by atoms with E-state index in [0.29, 0.717) is 30.7 Å². The minimum Gasteiger partial charge on any atom is -0.350 e. The van der Waals surface area contributed by atoms with Gasteiger partial charge in [-0.15, -0.1) is 0 Å². The van der Waals surface area contributed by atoms with Crippen LogP contribution in [0.3, 0.4) is 0 Å². The zero-order valence-corrected chi connectivity index (χ0v) is 19.3. The van der Waals surface area contributed by atoms with E-state index in [9.17, 15) is 4.79 Å². The van der Waals surface area contributed by atoms with E-state index in [-0.39, 0.29) is 5.91 Å². The molecule has 1 aliphatic carbocycles. The van der Waals surface area contributed by atoms with Crippen molar-refractivity contribution in [1.82, 2.24) is 15.1 Å². The van der Waals surface area contributed by atoms with Crippen molar-refractivity contribution in [2.24, 2.45) is 11.8 Å². The molecule has 1 aliphatic rings. The van der Waals surface area contributed by atoms with E-state index in [1.165, 1.54) is 24.1 Å². The third-order valence-corrected chi connectivity index (χ3v) is 6.51. The van der Waals surface area contributed by atoms with Gasteiger partial charge in [0.15, 0.2) is 0 Å². The van der Waals surface area contributed by atoms with Gasteiger partial charge in [-0.3, -0.25) is 4.79 Å². The second-order valence-electron chi connectivity index (χ2n) is 9.58. The van der Waals surface area contributed by atoms with Gasteiger partial charge in [-0.05, 0) is 73.6 Å². The fraction of sp³-hybridized carbons (Fsp3) is 0.429. The monoisotopic (exact) mass is 429 g/mol. The van der Waals surface area contributed by atoms with Crippen molar-refractivity contribution < 1.29 is 4.79 Å². The molecule has 1 heterocycles. The van der Waals surface area contributed by atoms with Crippen LogP contribution in [0.2, 0.25) is 0 Å². The maximum atomic E-state index is 12.6. The van der Waals surface area contributed by atoms with Gasteiger partial charge in [-0.1, -0.05) is 62.4 Å². The highest BCUT2D eigenvalue weighted by atomic mass is 16.1. The van der Waals surface area contributed by atoms with Crippen LogP contribution in [0.1, 0.15) is 68.8 Å². The van der Waals surface area contributed by atoms with Crippen LogP contribution >= 0.6 is 0 Å². The molecule has 4 rings (SSSR count). The Morgan fingerprint density at radius 1 is 1.00 bits per heavy atom. The smallest absolute Gasteiger partial charge is 0.220 e. The van der Waals surface area contributed by atoms with Crippen LogP contribution in [-0.2, 0) is 17.8 Å². The van der Waals surface area contributed by atoms with Crippen LogP contribution in [0.4, 0.5) is 0 Å². The first-order valence-corrected chi connectivity index (χ1v) is 12.0. The van der Waals surface area contributed by atoms with Gasteiger partial charge in [-0.2, -0.15) is 5.10 Å². The van der Waals surface area contributed by atoms with Crippen LogP contribution in [0.25, 0.3) is 5.69 Å². The highest BCUT2D eigenvalue weighted by Gasteiger charge is 2.24. The number of nitrogens with one attached hydrogen (secondary N) is 1. The molecule has 1 N–H and O–H groups in total. The number of hydrogen-bond acceptors (Lipinski definition) is 2. The summed E-state index contributed by atoms with van der Waals surface area (Å²) in [6.45, 7) is 4.93. The molecule has 1 amide bonds. The van der Waals surface area contributed by atoms with E-state index >= 15 is 0 Å². The lowest BCUT2D eigenvalue weighted by atomic mass is 9.77.